The number of hydrogen-bond donors (Lipinski definition) is 3. The highest BCUT2D eigenvalue weighted by Gasteiger charge is 2.28. The summed E-state index contributed by atoms with van der Waals surface area (Å²) in [6, 6.07) is 39.4. The number of ether oxygens (including phenoxy) is 1. The zero-order chi connectivity index (χ0) is 39.4. The number of carbonyl (C=O) groups is 4. The molecule has 1 heterocycles. The molecule has 11 nitrogen and oxygen atoms in total. The van der Waals surface area contributed by atoms with Gasteiger partial charge in [0, 0.05) is 33.2 Å². The number of carbonyl (C=O) groups excluding carboxylic acids is 4. The summed E-state index contributed by atoms with van der Waals surface area (Å²) in [5.74, 6) is -2.25. The number of nitrogens with one attached hydrogen (secondary N) is 3. The van der Waals surface area contributed by atoms with Crippen LogP contribution in [0.15, 0.2) is 155 Å². The Morgan fingerprint density at radius 2 is 1.48 bits per heavy atom. The molecule has 0 spiro atoms. The molecule has 0 aliphatic carbocycles. The van der Waals surface area contributed by atoms with E-state index in [2.05, 4.69) is 16.0 Å². The van der Waals surface area contributed by atoms with Gasteiger partial charge in [-0.1, -0.05) is 97.1 Å². The van der Waals surface area contributed by atoms with Crippen molar-refractivity contribution in [2.24, 2.45) is 0 Å². The molecule has 280 valence electrons. The van der Waals surface area contributed by atoms with Crippen LogP contribution in [0.25, 0.3) is 17.2 Å². The van der Waals surface area contributed by atoms with Crippen LogP contribution < -0.4 is 16.0 Å². The summed E-state index contributed by atoms with van der Waals surface area (Å²) < 4.78 is 5.39. The summed E-state index contributed by atoms with van der Waals surface area (Å²) in [5.41, 5.74) is 2.67. The molecule has 6 aromatic rings. The monoisotopic (exact) mass is 782 g/mol. The molecule has 5 aromatic carbocycles. The number of rotatable bonds is 14. The van der Waals surface area contributed by atoms with E-state index in [4.69, 9.17) is 4.74 Å². The lowest BCUT2D eigenvalue weighted by Gasteiger charge is -2.18. The molecule has 0 bridgehead atoms. The second kappa shape index (κ2) is 18.5. The first-order valence-corrected chi connectivity index (χ1v) is 19.1. The van der Waals surface area contributed by atoms with Crippen LogP contribution in [0, 0.1) is 10.1 Å². The molecule has 6 rings (SSSR count). The number of thioether (sulfide) groups is 1. The minimum Gasteiger partial charge on any atom is -0.462 e. The number of benzene rings is 5. The summed E-state index contributed by atoms with van der Waals surface area (Å²) in [7, 11) is 0. The van der Waals surface area contributed by atoms with Gasteiger partial charge in [0.25, 0.3) is 17.5 Å². The van der Waals surface area contributed by atoms with E-state index in [1.165, 1.54) is 47.4 Å². The van der Waals surface area contributed by atoms with E-state index in [9.17, 15) is 29.3 Å². The fourth-order valence-corrected chi connectivity index (χ4v) is 7.66. The number of anilines is 2. The summed E-state index contributed by atoms with van der Waals surface area (Å²) in [4.78, 5) is 66.2. The maximum atomic E-state index is 14.2. The predicted molar refractivity (Wildman–Crippen MR) is 219 cm³/mol. The van der Waals surface area contributed by atoms with E-state index in [-0.39, 0.29) is 40.6 Å². The first-order chi connectivity index (χ1) is 27.2. The molecule has 1 unspecified atom stereocenters. The van der Waals surface area contributed by atoms with Crippen LogP contribution >= 0.6 is 23.1 Å². The summed E-state index contributed by atoms with van der Waals surface area (Å²) in [5, 5.41) is 21.5. The Kier molecular flexibility index (Phi) is 12.8. The number of nitro groups is 1. The molecule has 0 radical (unpaired) electrons. The lowest BCUT2D eigenvalue weighted by Crippen LogP contribution is -2.30. The first kappa shape index (κ1) is 38.9. The van der Waals surface area contributed by atoms with Crippen molar-refractivity contribution >= 4 is 69.2 Å². The van der Waals surface area contributed by atoms with E-state index in [0.717, 1.165) is 5.56 Å². The highest BCUT2D eigenvalue weighted by molar-refractivity contribution is 8.00. The van der Waals surface area contributed by atoms with E-state index < -0.39 is 28.0 Å². The molecule has 1 aromatic heterocycles. The van der Waals surface area contributed by atoms with Gasteiger partial charge >= 0.3 is 5.97 Å². The van der Waals surface area contributed by atoms with E-state index in [0.29, 0.717) is 26.7 Å². The lowest BCUT2D eigenvalue weighted by atomic mass is 10.0. The third-order valence-electron chi connectivity index (χ3n) is 8.24. The Balaban J connectivity index is 1.27. The van der Waals surface area contributed by atoms with Crippen molar-refractivity contribution in [3.63, 3.8) is 0 Å². The smallest absolute Gasteiger partial charge is 0.341 e. The van der Waals surface area contributed by atoms with Gasteiger partial charge < -0.3 is 20.7 Å². The van der Waals surface area contributed by atoms with Gasteiger partial charge in [0.1, 0.15) is 21.5 Å². The SMILES string of the molecule is CCOC(=O)c1c(-c2ccccc2)csc1NC(=O)C(Sc1cccc(NC(=O)/C(=C\c2ccccc2[N+](=O)[O-])NC(=O)c2ccccc2)c1)c1ccccc1. The van der Waals surface area contributed by atoms with Crippen molar-refractivity contribution in [1.82, 2.24) is 5.32 Å². The van der Waals surface area contributed by atoms with Gasteiger partial charge in [-0.2, -0.15) is 0 Å². The number of thiophene rings is 1. The van der Waals surface area contributed by atoms with E-state index in [1.807, 2.05) is 66.0 Å². The molecule has 3 N–H and O–H groups in total. The van der Waals surface area contributed by atoms with E-state index >= 15 is 0 Å². The summed E-state index contributed by atoms with van der Waals surface area (Å²) in [6.07, 6.45) is 1.25. The molecule has 3 amide bonds. The molecule has 0 aliphatic rings. The number of nitrogens with zero attached hydrogens (tertiary/aromatic N) is 1. The van der Waals surface area contributed by atoms with Crippen LogP contribution in [-0.4, -0.2) is 35.2 Å². The van der Waals surface area contributed by atoms with Crippen LogP contribution in [0.1, 0.15) is 44.0 Å². The molecule has 0 saturated carbocycles. The maximum Gasteiger partial charge on any atom is 0.341 e. The predicted octanol–water partition coefficient (Wildman–Crippen LogP) is 9.38. The van der Waals surface area contributed by atoms with Crippen molar-refractivity contribution in [3.8, 4) is 11.1 Å². The molecule has 56 heavy (non-hydrogen) atoms. The van der Waals surface area contributed by atoms with Gasteiger partial charge in [-0.15, -0.1) is 23.1 Å². The standard InChI is InChI=1S/C43H34N4O7S2/c1-2-54-43(51)37-34(28-15-6-3-7-16-28)27-55-42(37)46-41(50)38(29-17-8-4-9-18-29)56-33-23-14-22-32(26-33)44-40(49)35(45-39(48)30-19-10-5-11-20-30)25-31-21-12-13-24-36(31)47(52)53/h3-27,38H,2H2,1H3,(H,44,49)(H,45,48)(H,46,50)/b35-25+. The van der Waals surface area contributed by atoms with Gasteiger partial charge in [-0.25, -0.2) is 4.79 Å². The average Bonchev–Trinajstić information content (AvgIpc) is 3.64. The van der Waals surface area contributed by atoms with E-state index in [1.54, 1.807) is 67.6 Å². The minimum absolute atomic E-state index is 0.116. The Hall–Kier alpha value is -6.83. The zero-order valence-corrected chi connectivity index (χ0v) is 31.5. The Labute approximate surface area is 330 Å². The van der Waals surface area contributed by atoms with Crippen LogP contribution in [0.5, 0.6) is 0 Å². The third-order valence-corrected chi connectivity index (χ3v) is 10.4. The van der Waals surface area contributed by atoms with Crippen molar-refractivity contribution in [2.45, 2.75) is 17.1 Å². The highest BCUT2D eigenvalue weighted by Crippen LogP contribution is 2.40. The number of esters is 1. The second-order valence-corrected chi connectivity index (χ2v) is 14.1. The van der Waals surface area contributed by atoms with Gasteiger partial charge in [0.15, 0.2) is 0 Å². The zero-order valence-electron chi connectivity index (χ0n) is 29.8. The largest absolute Gasteiger partial charge is 0.462 e. The van der Waals surface area contributed by atoms with Gasteiger partial charge in [0.2, 0.25) is 5.91 Å². The fourth-order valence-electron chi connectivity index (χ4n) is 5.62. The number of hydrogen-bond acceptors (Lipinski definition) is 9. The van der Waals surface area contributed by atoms with Crippen molar-refractivity contribution in [2.75, 3.05) is 17.2 Å². The quantitative estimate of drug-likeness (QED) is 0.0324. The lowest BCUT2D eigenvalue weighted by molar-refractivity contribution is -0.385. The average molecular weight is 783 g/mol. The van der Waals surface area contributed by atoms with Crippen LogP contribution in [0.3, 0.4) is 0 Å². The molecule has 13 heteroatoms. The molecule has 0 aliphatic heterocycles. The molecule has 1 atom stereocenters. The fraction of sp³-hybridized carbons (Fsp3) is 0.0698. The first-order valence-electron chi connectivity index (χ1n) is 17.3. The second-order valence-electron chi connectivity index (χ2n) is 12.0. The topological polar surface area (TPSA) is 157 Å². The minimum atomic E-state index is -0.793. The number of para-hydroxylation sites is 1. The molecular formula is C43H34N4O7S2. The maximum absolute atomic E-state index is 14.2. The third kappa shape index (κ3) is 9.63. The normalized spacial score (nSPS) is 11.6. The van der Waals surface area contributed by atoms with Gasteiger partial charge in [0.05, 0.1) is 17.1 Å². The van der Waals surface area contributed by atoms with Crippen molar-refractivity contribution in [1.29, 1.82) is 0 Å². The molecular weight excluding hydrogens is 749 g/mol. The Bertz CT molecular complexity index is 2400. The number of amides is 3. The van der Waals surface area contributed by atoms with Crippen LogP contribution in [0.2, 0.25) is 0 Å². The van der Waals surface area contributed by atoms with Gasteiger partial charge in [-0.05, 0) is 60.5 Å². The summed E-state index contributed by atoms with van der Waals surface area (Å²) >= 11 is 2.46. The number of nitro benzene ring substituents is 1. The van der Waals surface area contributed by atoms with Crippen LogP contribution in [-0.2, 0) is 14.3 Å². The Morgan fingerprint density at radius 1 is 0.821 bits per heavy atom. The van der Waals surface area contributed by atoms with Crippen molar-refractivity contribution < 1.29 is 28.8 Å². The summed E-state index contributed by atoms with van der Waals surface area (Å²) in [6.45, 7) is 1.88. The molecule has 0 fully saturated rings. The van der Waals surface area contributed by atoms with Gasteiger partial charge in [-0.3, -0.25) is 24.5 Å². The van der Waals surface area contributed by atoms with Crippen molar-refractivity contribution in [3.05, 3.63) is 183 Å². The highest BCUT2D eigenvalue weighted by atomic mass is 32.2. The molecule has 0 saturated heterocycles. The van der Waals surface area contributed by atoms with Crippen LogP contribution in [0.4, 0.5) is 16.4 Å². The Morgan fingerprint density at radius 3 is 2.18 bits per heavy atom.